The number of nitrogens with zero attached hydrogens (tertiary/aromatic N) is 4. The number of pyridine rings is 1. The number of aromatic nitrogens is 3. The monoisotopic (exact) mass is 408 g/mol. The average Bonchev–Trinajstić information content (AvgIpc) is 3.40. The van der Waals surface area contributed by atoms with Gasteiger partial charge in [-0.05, 0) is 62.8 Å². The molecule has 0 bridgehead atoms. The quantitative estimate of drug-likeness (QED) is 0.630. The summed E-state index contributed by atoms with van der Waals surface area (Å²) < 4.78 is 17.6. The zero-order chi connectivity index (χ0) is 20.4. The van der Waals surface area contributed by atoms with Gasteiger partial charge in [0.1, 0.15) is 11.5 Å². The van der Waals surface area contributed by atoms with E-state index in [-0.39, 0.29) is 5.60 Å². The molecule has 0 N–H and O–H groups in total. The van der Waals surface area contributed by atoms with Gasteiger partial charge in [-0.25, -0.2) is 0 Å². The van der Waals surface area contributed by atoms with Crippen LogP contribution in [0.2, 0.25) is 0 Å². The SMILES string of the molecule is Cc1ccc(CN2CCC3(CC2)CC(Cc2nc(-c4ccncc4)no2)CCO3)o1. The highest BCUT2D eigenvalue weighted by Gasteiger charge is 2.40. The van der Waals surface area contributed by atoms with Crippen LogP contribution in [-0.4, -0.2) is 45.3 Å². The second-order valence-corrected chi connectivity index (χ2v) is 8.63. The maximum atomic E-state index is 6.33. The first kappa shape index (κ1) is 19.5. The Kier molecular flexibility index (Phi) is 5.39. The summed E-state index contributed by atoms with van der Waals surface area (Å²) >= 11 is 0. The van der Waals surface area contributed by atoms with Gasteiger partial charge in [0.2, 0.25) is 11.7 Å². The molecule has 5 heterocycles. The molecule has 1 unspecified atom stereocenters. The van der Waals surface area contributed by atoms with Crippen molar-refractivity contribution in [2.75, 3.05) is 19.7 Å². The first-order chi connectivity index (χ1) is 14.7. The summed E-state index contributed by atoms with van der Waals surface area (Å²) in [5.41, 5.74) is 0.925. The fourth-order valence-electron chi connectivity index (χ4n) is 4.76. The van der Waals surface area contributed by atoms with Crippen molar-refractivity contribution in [1.29, 1.82) is 0 Å². The van der Waals surface area contributed by atoms with Crippen molar-refractivity contribution in [2.45, 2.75) is 51.2 Å². The van der Waals surface area contributed by atoms with E-state index in [9.17, 15) is 0 Å². The number of hydrogen-bond acceptors (Lipinski definition) is 7. The van der Waals surface area contributed by atoms with Crippen molar-refractivity contribution < 1.29 is 13.7 Å². The largest absolute Gasteiger partial charge is 0.465 e. The molecule has 0 radical (unpaired) electrons. The maximum absolute atomic E-state index is 6.33. The molecule has 2 aliphatic rings. The van der Waals surface area contributed by atoms with Crippen LogP contribution >= 0.6 is 0 Å². The fourth-order valence-corrected chi connectivity index (χ4v) is 4.76. The minimum absolute atomic E-state index is 0.00749. The number of aryl methyl sites for hydroxylation is 1. The lowest BCUT2D eigenvalue weighted by atomic mass is 9.78. The lowest BCUT2D eigenvalue weighted by molar-refractivity contribution is -0.128. The van der Waals surface area contributed by atoms with E-state index in [1.165, 1.54) is 0 Å². The molecule has 158 valence electrons. The van der Waals surface area contributed by atoms with E-state index in [2.05, 4.69) is 26.1 Å². The molecule has 2 aliphatic heterocycles. The van der Waals surface area contributed by atoms with Crippen LogP contribution in [0.5, 0.6) is 0 Å². The van der Waals surface area contributed by atoms with Crippen LogP contribution in [0, 0.1) is 12.8 Å². The van der Waals surface area contributed by atoms with E-state index in [0.717, 1.165) is 81.3 Å². The van der Waals surface area contributed by atoms with E-state index in [1.54, 1.807) is 12.4 Å². The van der Waals surface area contributed by atoms with Crippen molar-refractivity contribution in [2.24, 2.45) is 5.92 Å². The van der Waals surface area contributed by atoms with Gasteiger partial charge in [-0.2, -0.15) is 4.98 Å². The van der Waals surface area contributed by atoms with Gasteiger partial charge in [0.15, 0.2) is 0 Å². The van der Waals surface area contributed by atoms with Crippen LogP contribution in [0.1, 0.15) is 43.1 Å². The summed E-state index contributed by atoms with van der Waals surface area (Å²) in [7, 11) is 0. The number of ether oxygens (including phenoxy) is 1. The molecule has 0 amide bonds. The van der Waals surface area contributed by atoms with Gasteiger partial charge in [0.25, 0.3) is 0 Å². The molecule has 0 aliphatic carbocycles. The van der Waals surface area contributed by atoms with Crippen LogP contribution in [-0.2, 0) is 17.7 Å². The van der Waals surface area contributed by atoms with E-state index in [0.29, 0.717) is 11.7 Å². The highest BCUT2D eigenvalue weighted by molar-refractivity contribution is 5.52. The summed E-state index contributed by atoms with van der Waals surface area (Å²) in [6.07, 6.45) is 8.54. The van der Waals surface area contributed by atoms with E-state index < -0.39 is 0 Å². The van der Waals surface area contributed by atoms with Crippen molar-refractivity contribution >= 4 is 0 Å². The van der Waals surface area contributed by atoms with Gasteiger partial charge < -0.3 is 13.7 Å². The molecule has 0 aromatic carbocycles. The van der Waals surface area contributed by atoms with E-state index in [4.69, 9.17) is 13.7 Å². The van der Waals surface area contributed by atoms with Crippen molar-refractivity contribution in [3.63, 3.8) is 0 Å². The van der Waals surface area contributed by atoms with Gasteiger partial charge >= 0.3 is 0 Å². The molecular formula is C23H28N4O3. The molecule has 2 saturated heterocycles. The van der Waals surface area contributed by atoms with Gasteiger partial charge in [0, 0.05) is 44.1 Å². The molecule has 5 rings (SSSR count). The fraction of sp³-hybridized carbons (Fsp3) is 0.522. The molecule has 2 fully saturated rings. The minimum Gasteiger partial charge on any atom is -0.465 e. The molecule has 1 atom stereocenters. The van der Waals surface area contributed by atoms with Crippen LogP contribution in [0.25, 0.3) is 11.4 Å². The maximum Gasteiger partial charge on any atom is 0.227 e. The number of likely N-dealkylation sites (tertiary alicyclic amines) is 1. The first-order valence-electron chi connectivity index (χ1n) is 10.8. The Morgan fingerprint density at radius 3 is 2.73 bits per heavy atom. The third-order valence-corrected chi connectivity index (χ3v) is 6.41. The smallest absolute Gasteiger partial charge is 0.227 e. The Balaban J connectivity index is 1.17. The van der Waals surface area contributed by atoms with Gasteiger partial charge in [-0.15, -0.1) is 0 Å². The Hall–Kier alpha value is -2.51. The van der Waals surface area contributed by atoms with Crippen LogP contribution in [0.15, 0.2) is 45.6 Å². The molecule has 7 heteroatoms. The summed E-state index contributed by atoms with van der Waals surface area (Å²) in [6, 6.07) is 7.91. The van der Waals surface area contributed by atoms with Crippen LogP contribution < -0.4 is 0 Å². The summed E-state index contributed by atoms with van der Waals surface area (Å²) in [5.74, 6) is 3.89. The first-order valence-corrected chi connectivity index (χ1v) is 10.8. The lowest BCUT2D eigenvalue weighted by Gasteiger charge is -2.46. The van der Waals surface area contributed by atoms with Gasteiger partial charge in [0.05, 0.1) is 12.1 Å². The molecule has 3 aromatic rings. The summed E-state index contributed by atoms with van der Waals surface area (Å²) in [5, 5.41) is 4.15. The third kappa shape index (κ3) is 4.32. The molecule has 1 spiro atoms. The van der Waals surface area contributed by atoms with E-state index >= 15 is 0 Å². The van der Waals surface area contributed by atoms with Gasteiger partial charge in [-0.3, -0.25) is 9.88 Å². The highest BCUT2D eigenvalue weighted by Crippen LogP contribution is 2.39. The number of piperidine rings is 1. The summed E-state index contributed by atoms with van der Waals surface area (Å²) in [6.45, 7) is 5.77. The highest BCUT2D eigenvalue weighted by atomic mass is 16.5. The molecular weight excluding hydrogens is 380 g/mol. The predicted molar refractivity (Wildman–Crippen MR) is 111 cm³/mol. The van der Waals surface area contributed by atoms with Crippen molar-refractivity contribution in [3.8, 4) is 11.4 Å². The second-order valence-electron chi connectivity index (χ2n) is 8.63. The predicted octanol–water partition coefficient (Wildman–Crippen LogP) is 4.04. The Labute approximate surface area is 176 Å². The molecule has 0 saturated carbocycles. The normalized spacial score (nSPS) is 21.8. The topological polar surface area (TPSA) is 77.4 Å². The lowest BCUT2D eigenvalue weighted by Crippen LogP contribution is -2.49. The second kappa shape index (κ2) is 8.32. The Morgan fingerprint density at radius 1 is 1.13 bits per heavy atom. The minimum atomic E-state index is -0.00749. The number of hydrogen-bond donors (Lipinski definition) is 0. The summed E-state index contributed by atoms with van der Waals surface area (Å²) in [4.78, 5) is 11.1. The zero-order valence-electron chi connectivity index (χ0n) is 17.4. The standard InChI is InChI=1S/C23H28N4O3/c1-17-2-3-20(29-17)16-27-11-7-23(8-12-27)15-18(6-13-28-23)14-21-25-22(26-30-21)19-4-9-24-10-5-19/h2-5,9-10,18H,6-8,11-16H2,1H3. The molecule has 3 aromatic heterocycles. The number of rotatable bonds is 5. The molecule has 30 heavy (non-hydrogen) atoms. The van der Waals surface area contributed by atoms with Crippen LogP contribution in [0.3, 0.4) is 0 Å². The van der Waals surface area contributed by atoms with E-state index in [1.807, 2.05) is 25.1 Å². The van der Waals surface area contributed by atoms with Crippen molar-refractivity contribution in [3.05, 3.63) is 54.1 Å². The van der Waals surface area contributed by atoms with Gasteiger partial charge in [-0.1, -0.05) is 5.16 Å². The molecule has 7 nitrogen and oxygen atoms in total. The third-order valence-electron chi connectivity index (χ3n) is 6.41. The number of furan rings is 1. The Morgan fingerprint density at radius 2 is 1.97 bits per heavy atom. The zero-order valence-corrected chi connectivity index (χ0v) is 17.4. The van der Waals surface area contributed by atoms with Crippen LogP contribution in [0.4, 0.5) is 0 Å². The van der Waals surface area contributed by atoms with Crippen molar-refractivity contribution in [1.82, 2.24) is 20.0 Å². The average molecular weight is 409 g/mol. The Bertz CT molecular complexity index is 960.